The minimum absolute atomic E-state index is 0.631. The molecule has 0 unspecified atom stereocenters. The van der Waals surface area contributed by atoms with E-state index in [1.54, 1.807) is 0 Å². The summed E-state index contributed by atoms with van der Waals surface area (Å²) >= 11 is 0. The lowest BCUT2D eigenvalue weighted by Crippen LogP contribution is -2.47. The third-order valence-corrected chi connectivity index (χ3v) is 3.74. The number of ether oxygens (including phenoxy) is 1. The number of nitrogens with zero attached hydrogens (tertiary/aromatic N) is 1. The fourth-order valence-corrected chi connectivity index (χ4v) is 2.61. The van der Waals surface area contributed by atoms with Gasteiger partial charge in [-0.15, -0.1) is 0 Å². The average Bonchev–Trinajstić information content (AvgIpc) is 2.64. The topological polar surface area (TPSA) is 142 Å². The third-order valence-electron chi connectivity index (χ3n) is 2.89. The smallest absolute Gasteiger partial charge is 0.331 e. The molecule has 0 amide bonds. The SMILES string of the molecule is O=P[C@@]1(n2ccc(=O)[nH]c2=O)O[C@H](CO)[C@@H](O)[C@H]1O. The number of hydrogen-bond acceptors (Lipinski definition) is 7. The highest BCUT2D eigenvalue weighted by atomic mass is 31.1. The zero-order valence-electron chi connectivity index (χ0n) is 9.46. The average molecular weight is 290 g/mol. The van der Waals surface area contributed by atoms with Crippen LogP contribution in [0.15, 0.2) is 21.9 Å². The molecule has 1 fully saturated rings. The summed E-state index contributed by atoms with van der Waals surface area (Å²) in [5.41, 5.74) is -3.72. The second kappa shape index (κ2) is 4.95. The van der Waals surface area contributed by atoms with Gasteiger partial charge in [0.2, 0.25) is 8.46 Å². The van der Waals surface area contributed by atoms with Gasteiger partial charge >= 0.3 is 5.69 Å². The van der Waals surface area contributed by atoms with E-state index < -0.39 is 50.1 Å². The molecule has 4 N–H and O–H groups in total. The number of H-pyrrole nitrogens is 1. The monoisotopic (exact) mass is 290 g/mol. The van der Waals surface area contributed by atoms with Gasteiger partial charge in [-0.25, -0.2) is 4.79 Å². The van der Waals surface area contributed by atoms with Gasteiger partial charge in [-0.3, -0.25) is 18.9 Å². The molecule has 1 aliphatic heterocycles. The summed E-state index contributed by atoms with van der Waals surface area (Å²) in [6, 6.07) is 0.975. The molecule has 0 saturated carbocycles. The van der Waals surface area contributed by atoms with Crippen molar-refractivity contribution in [3.63, 3.8) is 0 Å². The van der Waals surface area contributed by atoms with E-state index >= 15 is 0 Å². The summed E-state index contributed by atoms with van der Waals surface area (Å²) in [5, 5.41) is 28.6. The minimum Gasteiger partial charge on any atom is -0.394 e. The van der Waals surface area contributed by atoms with E-state index in [2.05, 4.69) is 0 Å². The highest BCUT2D eigenvalue weighted by Crippen LogP contribution is 2.42. The van der Waals surface area contributed by atoms with Crippen LogP contribution in [0.4, 0.5) is 0 Å². The van der Waals surface area contributed by atoms with Gasteiger partial charge in [-0.1, -0.05) is 0 Å². The number of aliphatic hydroxyl groups excluding tert-OH is 3. The zero-order valence-corrected chi connectivity index (χ0v) is 10.4. The van der Waals surface area contributed by atoms with Crippen LogP contribution >= 0.6 is 8.46 Å². The van der Waals surface area contributed by atoms with Crippen molar-refractivity contribution in [1.82, 2.24) is 9.55 Å². The molecule has 2 heterocycles. The van der Waals surface area contributed by atoms with Gasteiger partial charge < -0.3 is 20.1 Å². The van der Waals surface area contributed by atoms with Crippen LogP contribution in [0.3, 0.4) is 0 Å². The fraction of sp³-hybridized carbons (Fsp3) is 0.556. The van der Waals surface area contributed by atoms with E-state index in [1.165, 1.54) is 0 Å². The number of aliphatic hydroxyl groups is 3. The van der Waals surface area contributed by atoms with Gasteiger partial charge in [-0.2, -0.15) is 0 Å². The van der Waals surface area contributed by atoms with Crippen molar-refractivity contribution in [1.29, 1.82) is 0 Å². The van der Waals surface area contributed by atoms with Gasteiger partial charge in [0.1, 0.15) is 18.3 Å². The summed E-state index contributed by atoms with van der Waals surface area (Å²) in [6.45, 7) is -0.631. The molecule has 2 rings (SSSR count). The van der Waals surface area contributed by atoms with Crippen molar-refractivity contribution in [2.45, 2.75) is 23.8 Å². The largest absolute Gasteiger partial charge is 0.394 e. The lowest BCUT2D eigenvalue weighted by atomic mass is 10.1. The van der Waals surface area contributed by atoms with Crippen LogP contribution in [0.2, 0.25) is 0 Å². The standard InChI is InChI=1S/C9H11N2O7P/c12-3-4-6(14)7(15)9(18-4,19-17)11-2-1-5(13)10-8(11)16/h1-2,4,6-7,12,14-15H,3H2,(H,10,13,16)/t4-,6-,7-,9+/m1/s1. The number of rotatable bonds is 3. The Bertz CT molecular complexity index is 599. The molecule has 1 aliphatic rings. The van der Waals surface area contributed by atoms with E-state index in [9.17, 15) is 24.4 Å². The van der Waals surface area contributed by atoms with Crippen molar-refractivity contribution in [3.8, 4) is 0 Å². The Balaban J connectivity index is 2.58. The van der Waals surface area contributed by atoms with Crippen LogP contribution < -0.4 is 11.2 Å². The highest BCUT2D eigenvalue weighted by Gasteiger charge is 2.57. The molecular formula is C9H11N2O7P. The van der Waals surface area contributed by atoms with Crippen molar-refractivity contribution in [2.24, 2.45) is 0 Å². The molecule has 0 radical (unpaired) electrons. The van der Waals surface area contributed by atoms with E-state index in [0.29, 0.717) is 4.57 Å². The second-order valence-electron chi connectivity index (χ2n) is 4.00. The molecule has 1 aromatic heterocycles. The predicted molar refractivity (Wildman–Crippen MR) is 60.9 cm³/mol. The van der Waals surface area contributed by atoms with Gasteiger partial charge in [0.05, 0.1) is 6.61 Å². The Morgan fingerprint density at radius 3 is 2.63 bits per heavy atom. The zero-order chi connectivity index (χ0) is 14.2. The number of aromatic nitrogens is 2. The molecular weight excluding hydrogens is 279 g/mol. The Morgan fingerprint density at radius 2 is 2.16 bits per heavy atom. The van der Waals surface area contributed by atoms with Crippen molar-refractivity contribution >= 4 is 8.46 Å². The van der Waals surface area contributed by atoms with E-state index in [0.717, 1.165) is 12.3 Å². The number of nitrogens with one attached hydrogen (secondary N) is 1. The molecule has 0 spiro atoms. The van der Waals surface area contributed by atoms with Gasteiger partial charge in [0, 0.05) is 12.3 Å². The molecule has 10 heteroatoms. The maximum Gasteiger partial charge on any atom is 0.331 e. The van der Waals surface area contributed by atoms with E-state index in [4.69, 9.17) is 9.84 Å². The predicted octanol–water partition coefficient (Wildman–Crippen LogP) is -2.45. The van der Waals surface area contributed by atoms with Crippen molar-refractivity contribution in [2.75, 3.05) is 6.61 Å². The minimum atomic E-state index is -2.09. The third kappa shape index (κ3) is 2.05. The van der Waals surface area contributed by atoms with E-state index in [1.807, 2.05) is 4.98 Å². The van der Waals surface area contributed by atoms with Crippen LogP contribution in [0.5, 0.6) is 0 Å². The maximum absolute atomic E-state index is 11.7. The molecule has 1 aromatic rings. The Morgan fingerprint density at radius 1 is 1.47 bits per heavy atom. The number of hydrogen-bond donors (Lipinski definition) is 4. The molecule has 0 aliphatic carbocycles. The van der Waals surface area contributed by atoms with Crippen LogP contribution in [-0.2, 0) is 14.8 Å². The van der Waals surface area contributed by atoms with Gasteiger partial charge in [0.25, 0.3) is 11.0 Å². The van der Waals surface area contributed by atoms with Gasteiger partial charge in [0.15, 0.2) is 0 Å². The Hall–Kier alpha value is -1.38. The molecule has 0 bridgehead atoms. The van der Waals surface area contributed by atoms with Crippen molar-refractivity contribution < 1.29 is 24.6 Å². The molecule has 4 atom stereocenters. The molecule has 0 aromatic carbocycles. The van der Waals surface area contributed by atoms with Crippen molar-refractivity contribution in [3.05, 3.63) is 33.1 Å². The Labute approximate surface area is 107 Å². The quantitative estimate of drug-likeness (QED) is 0.453. The summed E-state index contributed by atoms with van der Waals surface area (Å²) in [5.74, 6) is 0. The first-order chi connectivity index (χ1) is 8.96. The molecule has 9 nitrogen and oxygen atoms in total. The summed E-state index contributed by atoms with van der Waals surface area (Å²) in [6.07, 6.45) is -3.45. The lowest BCUT2D eigenvalue weighted by Gasteiger charge is -2.26. The van der Waals surface area contributed by atoms with Crippen LogP contribution in [-0.4, -0.2) is 49.8 Å². The first kappa shape index (κ1) is 14.0. The summed E-state index contributed by atoms with van der Waals surface area (Å²) in [7, 11) is -0.807. The molecule has 1 saturated heterocycles. The second-order valence-corrected chi connectivity index (χ2v) is 4.83. The normalized spacial score (nSPS) is 34.8. The lowest BCUT2D eigenvalue weighted by molar-refractivity contribution is -0.0860. The molecule has 104 valence electrons. The molecule has 19 heavy (non-hydrogen) atoms. The summed E-state index contributed by atoms with van der Waals surface area (Å²) in [4.78, 5) is 24.6. The highest BCUT2D eigenvalue weighted by molar-refractivity contribution is 7.24. The van der Waals surface area contributed by atoms with Crippen LogP contribution in [0, 0.1) is 0 Å². The number of aromatic amines is 1. The maximum atomic E-state index is 11.7. The van der Waals surface area contributed by atoms with E-state index in [-0.39, 0.29) is 0 Å². The van der Waals surface area contributed by atoms with Gasteiger partial charge in [-0.05, 0) is 0 Å². The first-order valence-electron chi connectivity index (χ1n) is 5.28. The first-order valence-corrected chi connectivity index (χ1v) is 6.09. The Kier molecular flexibility index (Phi) is 3.66. The van der Waals surface area contributed by atoms with Crippen LogP contribution in [0.25, 0.3) is 0 Å². The summed E-state index contributed by atoms with van der Waals surface area (Å²) < 4.78 is 17.2. The fourth-order valence-electron chi connectivity index (χ4n) is 1.92. The van der Waals surface area contributed by atoms with Crippen LogP contribution in [0.1, 0.15) is 0 Å².